The van der Waals surface area contributed by atoms with Crippen molar-refractivity contribution in [3.63, 3.8) is 0 Å². The number of benzene rings is 3. The minimum absolute atomic E-state index is 0.0447. The Morgan fingerprint density at radius 3 is 2.23 bits per heavy atom. The van der Waals surface area contributed by atoms with Gasteiger partial charge in [0.15, 0.2) is 0 Å². The molecular formula is C29H34ClN3O5S. The zero-order chi connectivity index (χ0) is 28.4. The van der Waals surface area contributed by atoms with Crippen LogP contribution in [0.25, 0.3) is 0 Å². The summed E-state index contributed by atoms with van der Waals surface area (Å²) in [6, 6.07) is 22.3. The van der Waals surface area contributed by atoms with Gasteiger partial charge in [-0.25, -0.2) is 8.42 Å². The van der Waals surface area contributed by atoms with Gasteiger partial charge in [0.2, 0.25) is 21.8 Å². The largest absolute Gasteiger partial charge is 0.489 e. The van der Waals surface area contributed by atoms with Crippen molar-refractivity contribution >= 4 is 39.1 Å². The van der Waals surface area contributed by atoms with Gasteiger partial charge in [-0.15, -0.1) is 0 Å². The molecule has 1 N–H and O–H groups in total. The summed E-state index contributed by atoms with van der Waals surface area (Å²) in [6.07, 6.45) is 1.78. The molecule has 10 heteroatoms. The number of halogens is 1. The molecule has 208 valence electrons. The first-order valence-electron chi connectivity index (χ1n) is 12.6. The van der Waals surface area contributed by atoms with Gasteiger partial charge in [-0.1, -0.05) is 67.1 Å². The number of sulfonamides is 1. The van der Waals surface area contributed by atoms with Gasteiger partial charge in [0.1, 0.15) is 24.9 Å². The van der Waals surface area contributed by atoms with Crippen molar-refractivity contribution in [2.24, 2.45) is 0 Å². The van der Waals surface area contributed by atoms with E-state index in [-0.39, 0.29) is 12.5 Å². The maximum absolute atomic E-state index is 13.6. The lowest BCUT2D eigenvalue weighted by molar-refractivity contribution is -0.139. The fourth-order valence-corrected chi connectivity index (χ4v) is 4.90. The zero-order valence-electron chi connectivity index (χ0n) is 22.3. The molecule has 2 amide bonds. The number of carbonyl (C=O) groups excluding carboxylic acids is 2. The van der Waals surface area contributed by atoms with E-state index < -0.39 is 28.5 Å². The van der Waals surface area contributed by atoms with Crippen molar-refractivity contribution in [1.82, 2.24) is 10.2 Å². The Kier molecular flexibility index (Phi) is 10.8. The molecule has 0 radical (unpaired) electrons. The highest BCUT2D eigenvalue weighted by Gasteiger charge is 2.30. The number of hydrogen-bond donors (Lipinski definition) is 1. The predicted molar refractivity (Wildman–Crippen MR) is 154 cm³/mol. The number of carbonyl (C=O) groups is 2. The number of amides is 2. The second kappa shape index (κ2) is 14.0. The molecule has 0 aliphatic heterocycles. The third kappa shape index (κ3) is 8.73. The highest BCUT2D eigenvalue weighted by Crippen LogP contribution is 2.24. The molecule has 0 aliphatic rings. The van der Waals surface area contributed by atoms with E-state index in [2.05, 4.69) is 5.32 Å². The lowest BCUT2D eigenvalue weighted by atomic mass is 10.1. The zero-order valence-corrected chi connectivity index (χ0v) is 23.9. The Labute approximate surface area is 235 Å². The van der Waals surface area contributed by atoms with Crippen LogP contribution >= 0.6 is 11.6 Å². The van der Waals surface area contributed by atoms with Gasteiger partial charge in [0, 0.05) is 18.1 Å². The van der Waals surface area contributed by atoms with E-state index in [1.807, 2.05) is 37.3 Å². The van der Waals surface area contributed by atoms with E-state index in [1.165, 1.54) is 4.90 Å². The average Bonchev–Trinajstić information content (AvgIpc) is 2.93. The van der Waals surface area contributed by atoms with Crippen molar-refractivity contribution in [2.45, 2.75) is 39.5 Å². The molecule has 1 atom stereocenters. The lowest BCUT2D eigenvalue weighted by Crippen LogP contribution is -2.51. The molecule has 0 heterocycles. The second-order valence-corrected chi connectivity index (χ2v) is 11.4. The number of rotatable bonds is 13. The first-order valence-corrected chi connectivity index (χ1v) is 14.9. The molecule has 39 heavy (non-hydrogen) atoms. The lowest BCUT2D eigenvalue weighted by Gasteiger charge is -2.31. The van der Waals surface area contributed by atoms with Gasteiger partial charge < -0.3 is 15.0 Å². The summed E-state index contributed by atoms with van der Waals surface area (Å²) in [4.78, 5) is 27.7. The quantitative estimate of drug-likeness (QED) is 0.323. The Balaban J connectivity index is 1.82. The highest BCUT2D eigenvalue weighted by atomic mass is 35.5. The van der Waals surface area contributed by atoms with Gasteiger partial charge in [0.05, 0.1) is 11.9 Å². The van der Waals surface area contributed by atoms with Crippen LogP contribution in [0.5, 0.6) is 5.75 Å². The van der Waals surface area contributed by atoms with Crippen molar-refractivity contribution in [3.8, 4) is 5.75 Å². The van der Waals surface area contributed by atoms with Crippen LogP contribution in [-0.4, -0.2) is 50.5 Å². The maximum Gasteiger partial charge on any atom is 0.244 e. The molecule has 8 nitrogen and oxygen atoms in total. The van der Waals surface area contributed by atoms with Gasteiger partial charge in [-0.05, 0) is 54.8 Å². The van der Waals surface area contributed by atoms with Crippen molar-refractivity contribution in [1.29, 1.82) is 0 Å². The molecule has 0 bridgehead atoms. The SMILES string of the molecule is CCCNC(=O)C(C)N(Cc1ccccc1Cl)C(=O)CN(c1ccc(OCc2ccccc2)cc1)S(C)(=O)=O. The smallest absolute Gasteiger partial charge is 0.244 e. The van der Waals surface area contributed by atoms with E-state index in [1.54, 1.807) is 55.5 Å². The summed E-state index contributed by atoms with van der Waals surface area (Å²) >= 11 is 6.34. The summed E-state index contributed by atoms with van der Waals surface area (Å²) in [5.41, 5.74) is 1.95. The Hall–Kier alpha value is -3.56. The van der Waals surface area contributed by atoms with Crippen molar-refractivity contribution in [3.05, 3.63) is 95.0 Å². The number of anilines is 1. The third-order valence-corrected chi connectivity index (χ3v) is 7.58. The Morgan fingerprint density at radius 2 is 1.62 bits per heavy atom. The monoisotopic (exact) mass is 571 g/mol. The molecule has 0 saturated heterocycles. The van der Waals surface area contributed by atoms with E-state index in [0.717, 1.165) is 22.5 Å². The van der Waals surface area contributed by atoms with E-state index in [0.29, 0.717) is 35.2 Å². The van der Waals surface area contributed by atoms with Crippen LogP contribution in [0.2, 0.25) is 5.02 Å². The minimum Gasteiger partial charge on any atom is -0.489 e. The average molecular weight is 572 g/mol. The summed E-state index contributed by atoms with van der Waals surface area (Å²) in [6.45, 7) is 3.93. The first kappa shape index (κ1) is 30.0. The van der Waals surface area contributed by atoms with Crippen LogP contribution in [0.15, 0.2) is 78.9 Å². The fourth-order valence-electron chi connectivity index (χ4n) is 3.85. The van der Waals surface area contributed by atoms with E-state index >= 15 is 0 Å². The van der Waals surface area contributed by atoms with Crippen LogP contribution < -0.4 is 14.4 Å². The normalized spacial score (nSPS) is 11.9. The van der Waals surface area contributed by atoms with Crippen molar-refractivity contribution < 1.29 is 22.7 Å². The van der Waals surface area contributed by atoms with Gasteiger partial charge >= 0.3 is 0 Å². The summed E-state index contributed by atoms with van der Waals surface area (Å²) in [7, 11) is -3.84. The molecule has 0 fully saturated rings. The summed E-state index contributed by atoms with van der Waals surface area (Å²) in [5.74, 6) is -0.309. The molecule has 0 spiro atoms. The van der Waals surface area contributed by atoms with Crippen LogP contribution in [-0.2, 0) is 32.8 Å². The highest BCUT2D eigenvalue weighted by molar-refractivity contribution is 7.92. The molecule has 0 aromatic heterocycles. The predicted octanol–water partition coefficient (Wildman–Crippen LogP) is 4.63. The first-order chi connectivity index (χ1) is 18.6. The van der Waals surface area contributed by atoms with E-state index in [9.17, 15) is 18.0 Å². The molecule has 3 rings (SSSR count). The third-order valence-electron chi connectivity index (χ3n) is 6.07. The molecule has 1 unspecified atom stereocenters. The summed E-state index contributed by atoms with van der Waals surface area (Å²) in [5, 5.41) is 3.25. The summed E-state index contributed by atoms with van der Waals surface area (Å²) < 4.78 is 32.4. The van der Waals surface area contributed by atoms with Crippen LogP contribution in [0.4, 0.5) is 5.69 Å². The van der Waals surface area contributed by atoms with Crippen molar-refractivity contribution in [2.75, 3.05) is 23.7 Å². The van der Waals surface area contributed by atoms with E-state index in [4.69, 9.17) is 16.3 Å². The number of nitrogens with one attached hydrogen (secondary N) is 1. The molecule has 0 saturated carbocycles. The number of nitrogens with zero attached hydrogens (tertiary/aromatic N) is 2. The topological polar surface area (TPSA) is 96.0 Å². The van der Waals surface area contributed by atoms with Crippen LogP contribution in [0.3, 0.4) is 0 Å². The standard InChI is InChI=1S/C29H34ClN3O5S/c1-4-18-31-29(35)22(2)32(19-24-12-8-9-13-27(24)30)28(34)20-33(39(3,36)37)25-14-16-26(17-15-25)38-21-23-10-6-5-7-11-23/h5-17,22H,4,18-21H2,1-3H3,(H,31,35). The molecule has 3 aromatic rings. The van der Waals surface area contributed by atoms with Gasteiger partial charge in [-0.3, -0.25) is 13.9 Å². The van der Waals surface area contributed by atoms with Gasteiger partial charge in [0.25, 0.3) is 0 Å². The molecule has 3 aromatic carbocycles. The molecule has 0 aliphatic carbocycles. The van der Waals surface area contributed by atoms with Gasteiger partial charge in [-0.2, -0.15) is 0 Å². The Bertz CT molecular complexity index is 1350. The minimum atomic E-state index is -3.84. The molecular weight excluding hydrogens is 538 g/mol. The number of hydrogen-bond acceptors (Lipinski definition) is 5. The number of ether oxygens (including phenoxy) is 1. The van der Waals surface area contributed by atoms with Crippen LogP contribution in [0.1, 0.15) is 31.4 Å². The van der Waals surface area contributed by atoms with Crippen LogP contribution in [0, 0.1) is 0 Å². The second-order valence-electron chi connectivity index (χ2n) is 9.12. The maximum atomic E-state index is 13.6. The fraction of sp³-hybridized carbons (Fsp3) is 0.310. The Morgan fingerprint density at radius 1 is 0.974 bits per heavy atom.